The number of carbonyl (C=O) groups excluding carboxylic acids is 2. The van der Waals surface area contributed by atoms with Gasteiger partial charge in [0, 0.05) is 6.42 Å². The normalized spacial score (nSPS) is 12.1. The molecule has 0 radical (unpaired) electrons. The van der Waals surface area contributed by atoms with E-state index in [0.29, 0.717) is 5.56 Å². The molecule has 7 nitrogen and oxygen atoms in total. The van der Waals surface area contributed by atoms with Gasteiger partial charge in [-0.3, -0.25) is 4.79 Å². The molecule has 0 bridgehead atoms. The van der Waals surface area contributed by atoms with Gasteiger partial charge in [-0.05, 0) is 42.0 Å². The Labute approximate surface area is 168 Å². The zero-order chi connectivity index (χ0) is 21.2. The van der Waals surface area contributed by atoms with Crippen molar-refractivity contribution in [3.05, 3.63) is 72.0 Å². The lowest BCUT2D eigenvalue weighted by Crippen LogP contribution is -2.09. The number of phenolic OH excluding ortho intramolecular Hbond substituents is 1. The molecule has 0 spiro atoms. The van der Waals surface area contributed by atoms with E-state index >= 15 is 0 Å². The predicted octanol–water partition coefficient (Wildman–Crippen LogP) is 3.11. The van der Waals surface area contributed by atoms with E-state index in [0.717, 1.165) is 0 Å². The number of ketones is 1. The molecule has 0 amide bonds. The number of esters is 1. The van der Waals surface area contributed by atoms with Crippen LogP contribution in [0, 0.1) is 0 Å². The van der Waals surface area contributed by atoms with Crippen LogP contribution in [-0.4, -0.2) is 42.3 Å². The van der Waals surface area contributed by atoms with Crippen molar-refractivity contribution in [3.63, 3.8) is 0 Å². The number of aliphatic hydroxyl groups is 1. The summed E-state index contributed by atoms with van der Waals surface area (Å²) in [5.74, 6) is -0.724. The summed E-state index contributed by atoms with van der Waals surface area (Å²) in [4.78, 5) is 24.1. The first-order chi connectivity index (χ1) is 13.9. The van der Waals surface area contributed by atoms with Crippen molar-refractivity contribution in [1.82, 2.24) is 0 Å². The minimum atomic E-state index is -0.933. The number of aliphatic hydroxyl groups excluding tert-OH is 1. The van der Waals surface area contributed by atoms with Crippen LogP contribution in [0.25, 0.3) is 6.08 Å². The zero-order valence-corrected chi connectivity index (χ0v) is 16.1. The molecule has 0 aliphatic rings. The minimum absolute atomic E-state index is 0.0326. The number of ether oxygens (including phenoxy) is 3. The maximum atomic E-state index is 12.2. The zero-order valence-electron chi connectivity index (χ0n) is 16.1. The molecule has 0 aromatic heterocycles. The van der Waals surface area contributed by atoms with Crippen LogP contribution in [0.15, 0.2) is 60.9 Å². The lowest BCUT2D eigenvalue weighted by Gasteiger charge is -2.10. The highest BCUT2D eigenvalue weighted by molar-refractivity contribution is 5.95. The molecule has 2 N–H and O–H groups in total. The Bertz CT molecular complexity index is 915. The summed E-state index contributed by atoms with van der Waals surface area (Å²) in [6.45, 7) is 0. The molecular formula is C22H22O7. The fourth-order valence-electron chi connectivity index (χ4n) is 2.37. The molecule has 2 aromatic carbocycles. The van der Waals surface area contributed by atoms with Crippen molar-refractivity contribution in [2.75, 3.05) is 14.2 Å². The van der Waals surface area contributed by atoms with Crippen molar-refractivity contribution >= 4 is 17.8 Å². The van der Waals surface area contributed by atoms with Gasteiger partial charge in [0.05, 0.1) is 26.6 Å². The Kier molecular flexibility index (Phi) is 8.00. The number of carbonyl (C=O) groups is 2. The number of hydrogen-bond acceptors (Lipinski definition) is 7. The number of hydrogen-bond donors (Lipinski definition) is 2. The molecule has 152 valence electrons. The number of phenols is 1. The first kappa shape index (κ1) is 21.7. The first-order valence-electron chi connectivity index (χ1n) is 8.71. The number of aromatic hydroxyl groups is 1. The Hall–Kier alpha value is -3.58. The molecule has 29 heavy (non-hydrogen) atoms. The molecule has 2 rings (SSSR count). The third kappa shape index (κ3) is 6.51. The largest absolute Gasteiger partial charge is 0.507 e. The third-order valence-corrected chi connectivity index (χ3v) is 3.82. The van der Waals surface area contributed by atoms with Gasteiger partial charge < -0.3 is 24.4 Å². The molecular weight excluding hydrogens is 376 g/mol. The molecule has 0 heterocycles. The fourth-order valence-corrected chi connectivity index (χ4v) is 2.37. The first-order valence-corrected chi connectivity index (χ1v) is 8.71. The minimum Gasteiger partial charge on any atom is -0.507 e. The lowest BCUT2D eigenvalue weighted by atomic mass is 10.1. The van der Waals surface area contributed by atoms with Gasteiger partial charge in [-0.2, -0.15) is 0 Å². The van der Waals surface area contributed by atoms with Crippen LogP contribution in [0.5, 0.6) is 17.2 Å². The van der Waals surface area contributed by atoms with E-state index in [2.05, 4.69) is 4.74 Å². The topological polar surface area (TPSA) is 102 Å². The Morgan fingerprint density at radius 3 is 2.55 bits per heavy atom. The molecule has 0 saturated heterocycles. The number of para-hydroxylation sites is 1. The second-order valence-corrected chi connectivity index (χ2v) is 5.95. The van der Waals surface area contributed by atoms with Crippen LogP contribution in [0.2, 0.25) is 0 Å². The van der Waals surface area contributed by atoms with Crippen LogP contribution in [-0.2, 0) is 9.53 Å². The molecule has 1 atom stereocenters. The van der Waals surface area contributed by atoms with E-state index in [4.69, 9.17) is 9.47 Å². The number of benzene rings is 2. The van der Waals surface area contributed by atoms with Gasteiger partial charge >= 0.3 is 5.97 Å². The van der Waals surface area contributed by atoms with Gasteiger partial charge in [-0.1, -0.05) is 24.3 Å². The van der Waals surface area contributed by atoms with Crippen LogP contribution < -0.4 is 9.47 Å². The summed E-state index contributed by atoms with van der Waals surface area (Å²) in [7, 11) is 2.87. The second-order valence-electron chi connectivity index (χ2n) is 5.95. The molecule has 0 aliphatic heterocycles. The molecule has 1 unspecified atom stereocenters. The molecule has 7 heteroatoms. The van der Waals surface area contributed by atoms with Gasteiger partial charge in [-0.15, -0.1) is 0 Å². The number of rotatable bonds is 9. The van der Waals surface area contributed by atoms with Crippen LogP contribution in [0.1, 0.15) is 22.3 Å². The smallest absolute Gasteiger partial charge is 0.347 e. The highest BCUT2D eigenvalue weighted by Gasteiger charge is 2.15. The number of allylic oxidation sites excluding steroid dienone is 1. The van der Waals surface area contributed by atoms with Crippen molar-refractivity contribution in [2.45, 2.75) is 12.5 Å². The van der Waals surface area contributed by atoms with E-state index in [1.807, 2.05) is 0 Å². The summed E-state index contributed by atoms with van der Waals surface area (Å²) >= 11 is 0. The SMILES string of the molecule is CO/C=C/C(O)CC(=O)/C=C/c1ccc(OC(=O)c2ccccc2O)c(OC)c1. The molecule has 0 aliphatic carbocycles. The monoisotopic (exact) mass is 398 g/mol. The van der Waals surface area contributed by atoms with Crippen molar-refractivity contribution < 1.29 is 34.0 Å². The van der Waals surface area contributed by atoms with Crippen LogP contribution in [0.3, 0.4) is 0 Å². The Morgan fingerprint density at radius 1 is 1.10 bits per heavy atom. The van der Waals surface area contributed by atoms with Gasteiger partial charge in [0.15, 0.2) is 17.3 Å². The van der Waals surface area contributed by atoms with Gasteiger partial charge in [-0.25, -0.2) is 4.79 Å². The van der Waals surface area contributed by atoms with E-state index < -0.39 is 12.1 Å². The summed E-state index contributed by atoms with van der Waals surface area (Å²) < 4.78 is 15.2. The summed E-state index contributed by atoms with van der Waals surface area (Å²) in [6.07, 6.45) is 4.57. The van der Waals surface area contributed by atoms with Gasteiger partial charge in [0.2, 0.25) is 0 Å². The average Bonchev–Trinajstić information content (AvgIpc) is 2.71. The Morgan fingerprint density at radius 2 is 1.86 bits per heavy atom. The maximum absolute atomic E-state index is 12.2. The van der Waals surface area contributed by atoms with E-state index in [9.17, 15) is 19.8 Å². The second kappa shape index (κ2) is 10.7. The quantitative estimate of drug-likeness (QED) is 0.290. The summed E-state index contributed by atoms with van der Waals surface area (Å²) in [5.41, 5.74) is 0.671. The van der Waals surface area contributed by atoms with Gasteiger partial charge in [0.25, 0.3) is 0 Å². The highest BCUT2D eigenvalue weighted by atomic mass is 16.6. The number of methoxy groups -OCH3 is 2. The molecule has 0 saturated carbocycles. The molecule has 2 aromatic rings. The summed E-state index contributed by atoms with van der Waals surface area (Å²) in [5, 5.41) is 19.4. The highest BCUT2D eigenvalue weighted by Crippen LogP contribution is 2.30. The third-order valence-electron chi connectivity index (χ3n) is 3.82. The maximum Gasteiger partial charge on any atom is 0.347 e. The van der Waals surface area contributed by atoms with E-state index in [1.54, 1.807) is 30.3 Å². The fraction of sp³-hybridized carbons (Fsp3) is 0.182. The van der Waals surface area contributed by atoms with E-state index in [1.165, 1.54) is 50.8 Å². The van der Waals surface area contributed by atoms with Crippen LogP contribution >= 0.6 is 0 Å². The summed E-state index contributed by atoms with van der Waals surface area (Å²) in [6, 6.07) is 10.8. The van der Waals surface area contributed by atoms with E-state index in [-0.39, 0.29) is 35.0 Å². The van der Waals surface area contributed by atoms with Gasteiger partial charge in [0.1, 0.15) is 11.3 Å². The van der Waals surface area contributed by atoms with Crippen molar-refractivity contribution in [3.8, 4) is 17.2 Å². The van der Waals surface area contributed by atoms with Crippen molar-refractivity contribution in [2.24, 2.45) is 0 Å². The lowest BCUT2D eigenvalue weighted by molar-refractivity contribution is -0.115. The standard InChI is InChI=1S/C22H22O7/c1-27-12-11-17(24)14-16(23)9-7-15-8-10-20(21(13-15)28-2)29-22(26)18-5-3-4-6-19(18)25/h3-13,17,24-25H,14H2,1-2H3/b9-7+,12-11+. The Balaban J connectivity index is 2.08. The van der Waals surface area contributed by atoms with Crippen molar-refractivity contribution in [1.29, 1.82) is 0 Å². The molecule has 0 fully saturated rings. The predicted molar refractivity (Wildman–Crippen MR) is 107 cm³/mol. The van der Waals surface area contributed by atoms with Crippen LogP contribution in [0.4, 0.5) is 0 Å². The average molecular weight is 398 g/mol.